The van der Waals surface area contributed by atoms with Crippen LogP contribution in [0.5, 0.6) is 5.75 Å². The van der Waals surface area contributed by atoms with E-state index < -0.39 is 5.97 Å². The van der Waals surface area contributed by atoms with E-state index in [0.29, 0.717) is 23.5 Å². The van der Waals surface area contributed by atoms with Crippen molar-refractivity contribution in [3.05, 3.63) is 59.7 Å². The molecule has 0 spiro atoms. The molecule has 28 heavy (non-hydrogen) atoms. The molecule has 0 radical (unpaired) electrons. The number of benzene rings is 2. The minimum Gasteiger partial charge on any atom is -0.427 e. The topological polar surface area (TPSA) is 84.5 Å². The minimum atomic E-state index is -0.444. The molecule has 146 valence electrons. The maximum Gasteiger partial charge on any atom is 0.308 e. The van der Waals surface area contributed by atoms with Crippen LogP contribution in [0.15, 0.2) is 48.5 Å². The molecule has 3 rings (SSSR count). The van der Waals surface area contributed by atoms with E-state index in [2.05, 4.69) is 10.6 Å². The molecule has 0 aliphatic heterocycles. The summed E-state index contributed by atoms with van der Waals surface area (Å²) in [5.74, 6) is -0.264. The van der Waals surface area contributed by atoms with Gasteiger partial charge in [-0.2, -0.15) is 0 Å². The average molecular weight is 380 g/mol. The highest BCUT2D eigenvalue weighted by Crippen LogP contribution is 2.25. The third-order valence-corrected chi connectivity index (χ3v) is 4.80. The number of amides is 2. The highest BCUT2D eigenvalue weighted by molar-refractivity contribution is 6.05. The molecule has 2 aromatic carbocycles. The fraction of sp³-hybridized carbons (Fsp3) is 0.318. The molecule has 0 unspecified atom stereocenters. The lowest BCUT2D eigenvalue weighted by Crippen LogP contribution is -2.29. The Hall–Kier alpha value is -3.15. The summed E-state index contributed by atoms with van der Waals surface area (Å²) in [4.78, 5) is 36.0. The molecule has 1 fully saturated rings. The van der Waals surface area contributed by atoms with E-state index in [1.165, 1.54) is 13.0 Å². The molecule has 0 saturated heterocycles. The smallest absolute Gasteiger partial charge is 0.308 e. The maximum atomic E-state index is 12.6. The molecule has 2 aromatic rings. The molecule has 2 amide bonds. The van der Waals surface area contributed by atoms with Crippen LogP contribution in [0.3, 0.4) is 0 Å². The zero-order valence-corrected chi connectivity index (χ0v) is 15.9. The molecule has 6 heteroatoms. The van der Waals surface area contributed by atoms with E-state index in [1.54, 1.807) is 24.3 Å². The van der Waals surface area contributed by atoms with Crippen LogP contribution in [0.25, 0.3) is 0 Å². The molecule has 0 bridgehead atoms. The quantitative estimate of drug-likeness (QED) is 0.591. The zero-order valence-electron chi connectivity index (χ0n) is 15.9. The first-order chi connectivity index (χ1) is 13.5. The second kappa shape index (κ2) is 9.17. The minimum absolute atomic E-state index is 0.0766. The molecule has 2 N–H and O–H groups in total. The average Bonchev–Trinajstić information content (AvgIpc) is 3.21. The second-order valence-corrected chi connectivity index (χ2v) is 6.93. The van der Waals surface area contributed by atoms with Gasteiger partial charge in [0.1, 0.15) is 5.75 Å². The number of carbonyl (C=O) groups is 3. The van der Waals surface area contributed by atoms with E-state index in [9.17, 15) is 14.4 Å². The Labute approximate surface area is 164 Å². The molecule has 1 saturated carbocycles. The Morgan fingerprint density at radius 2 is 1.79 bits per heavy atom. The number of hydrogen-bond acceptors (Lipinski definition) is 4. The Balaban J connectivity index is 1.66. The highest BCUT2D eigenvalue weighted by atomic mass is 16.5. The van der Waals surface area contributed by atoms with Crippen LogP contribution in [0.2, 0.25) is 0 Å². The van der Waals surface area contributed by atoms with Crippen molar-refractivity contribution in [2.75, 3.05) is 5.32 Å². The summed E-state index contributed by atoms with van der Waals surface area (Å²) in [5, 5.41) is 5.85. The van der Waals surface area contributed by atoms with Crippen molar-refractivity contribution in [3.8, 4) is 5.75 Å². The maximum absolute atomic E-state index is 12.6. The third-order valence-electron chi connectivity index (χ3n) is 4.80. The number of rotatable bonds is 6. The van der Waals surface area contributed by atoms with Crippen LogP contribution in [0.4, 0.5) is 5.69 Å². The van der Waals surface area contributed by atoms with E-state index in [0.717, 1.165) is 31.2 Å². The lowest BCUT2D eigenvalue weighted by atomic mass is 10.1. The number of ether oxygens (including phenoxy) is 1. The molecule has 6 nitrogen and oxygen atoms in total. The predicted molar refractivity (Wildman–Crippen MR) is 106 cm³/mol. The summed E-state index contributed by atoms with van der Waals surface area (Å²) >= 11 is 0. The molecule has 0 atom stereocenters. The van der Waals surface area contributed by atoms with Gasteiger partial charge in [-0.3, -0.25) is 14.4 Å². The van der Waals surface area contributed by atoms with Crippen molar-refractivity contribution in [3.63, 3.8) is 0 Å². The van der Waals surface area contributed by atoms with Crippen LogP contribution in [-0.2, 0) is 16.1 Å². The molecular formula is C22H24N2O4. The fourth-order valence-corrected chi connectivity index (χ4v) is 3.37. The van der Waals surface area contributed by atoms with Crippen molar-refractivity contribution in [2.45, 2.75) is 39.2 Å². The Kier molecular flexibility index (Phi) is 6.42. The number of anilines is 1. The number of nitrogens with one attached hydrogen (secondary N) is 2. The predicted octanol–water partition coefficient (Wildman–Crippen LogP) is 3.67. The molecule has 1 aliphatic rings. The summed E-state index contributed by atoms with van der Waals surface area (Å²) in [6, 6.07) is 13.8. The van der Waals surface area contributed by atoms with Crippen LogP contribution in [-0.4, -0.2) is 17.8 Å². The standard InChI is InChI=1S/C22H24N2O4/c1-15(25)28-19-11-6-10-17(13-19)22(27)24-20-12-5-4-9-18(20)14-23-21(26)16-7-2-3-8-16/h4-6,9-13,16H,2-3,7-8,14H2,1H3,(H,23,26)(H,24,27). The third kappa shape index (κ3) is 5.19. The summed E-state index contributed by atoms with van der Waals surface area (Å²) in [6.07, 6.45) is 4.11. The number of hydrogen-bond donors (Lipinski definition) is 2. The molecule has 0 heterocycles. The lowest BCUT2D eigenvalue weighted by molar-refractivity contribution is -0.132. The van der Waals surface area contributed by atoms with Gasteiger partial charge < -0.3 is 15.4 Å². The van der Waals surface area contributed by atoms with Crippen molar-refractivity contribution in [1.82, 2.24) is 5.32 Å². The van der Waals surface area contributed by atoms with Gasteiger partial charge in [0.2, 0.25) is 5.91 Å². The van der Waals surface area contributed by atoms with Crippen molar-refractivity contribution >= 4 is 23.5 Å². The van der Waals surface area contributed by atoms with Gasteiger partial charge in [0, 0.05) is 30.6 Å². The molecule has 1 aliphatic carbocycles. The largest absolute Gasteiger partial charge is 0.427 e. The van der Waals surface area contributed by atoms with E-state index >= 15 is 0 Å². The number of carbonyl (C=O) groups excluding carboxylic acids is 3. The van der Waals surface area contributed by atoms with Crippen LogP contribution in [0, 0.1) is 5.92 Å². The van der Waals surface area contributed by atoms with Crippen molar-refractivity contribution in [2.24, 2.45) is 5.92 Å². The Bertz CT molecular complexity index is 872. The first-order valence-electron chi connectivity index (χ1n) is 9.48. The summed E-state index contributed by atoms with van der Waals surface area (Å²) in [7, 11) is 0. The number of para-hydroxylation sites is 1. The van der Waals surface area contributed by atoms with Gasteiger partial charge in [0.15, 0.2) is 0 Å². The zero-order chi connectivity index (χ0) is 19.9. The van der Waals surface area contributed by atoms with E-state index in [1.807, 2.05) is 18.2 Å². The van der Waals surface area contributed by atoms with E-state index in [-0.39, 0.29) is 17.7 Å². The van der Waals surface area contributed by atoms with Crippen molar-refractivity contribution in [1.29, 1.82) is 0 Å². The summed E-state index contributed by atoms with van der Waals surface area (Å²) in [6.45, 7) is 1.67. The Morgan fingerprint density at radius 3 is 2.54 bits per heavy atom. The van der Waals surface area contributed by atoms with Gasteiger partial charge in [-0.05, 0) is 42.7 Å². The van der Waals surface area contributed by atoms with Gasteiger partial charge in [-0.1, -0.05) is 37.1 Å². The van der Waals surface area contributed by atoms with Crippen LogP contribution < -0.4 is 15.4 Å². The van der Waals surface area contributed by atoms with E-state index in [4.69, 9.17) is 4.74 Å². The molecule has 0 aromatic heterocycles. The summed E-state index contributed by atoms with van der Waals surface area (Å²) in [5.41, 5.74) is 1.85. The molecular weight excluding hydrogens is 356 g/mol. The van der Waals surface area contributed by atoms with Gasteiger partial charge >= 0.3 is 5.97 Å². The van der Waals surface area contributed by atoms with Gasteiger partial charge in [0.25, 0.3) is 5.91 Å². The fourth-order valence-electron chi connectivity index (χ4n) is 3.37. The monoisotopic (exact) mass is 380 g/mol. The number of esters is 1. The van der Waals surface area contributed by atoms with Gasteiger partial charge in [-0.15, -0.1) is 0 Å². The first-order valence-corrected chi connectivity index (χ1v) is 9.48. The van der Waals surface area contributed by atoms with Crippen LogP contribution in [0.1, 0.15) is 48.5 Å². The normalized spacial score (nSPS) is 13.8. The van der Waals surface area contributed by atoms with Gasteiger partial charge in [-0.25, -0.2) is 0 Å². The van der Waals surface area contributed by atoms with Crippen molar-refractivity contribution < 1.29 is 19.1 Å². The second-order valence-electron chi connectivity index (χ2n) is 6.93. The first kappa shape index (κ1) is 19.6. The van der Waals surface area contributed by atoms with Gasteiger partial charge in [0.05, 0.1) is 0 Å². The van der Waals surface area contributed by atoms with Crippen LogP contribution >= 0.6 is 0 Å². The lowest BCUT2D eigenvalue weighted by Gasteiger charge is -2.14. The SMILES string of the molecule is CC(=O)Oc1cccc(C(=O)Nc2ccccc2CNC(=O)C2CCCC2)c1. The highest BCUT2D eigenvalue weighted by Gasteiger charge is 2.22. The summed E-state index contributed by atoms with van der Waals surface area (Å²) < 4.78 is 5.03. The Morgan fingerprint density at radius 1 is 1.04 bits per heavy atom.